The van der Waals surface area contributed by atoms with E-state index in [1.165, 1.54) is 6.20 Å². The summed E-state index contributed by atoms with van der Waals surface area (Å²) >= 11 is 0. The third-order valence-electron chi connectivity index (χ3n) is 2.56. The standard InChI is InChI=1S/C13H21FN4O/c1-8(11(15)19)18-12-10(14)9(5-6-16-12)7-17-13(2,3)4/h5-6,8,17H,7H2,1-4H3,(H2,15,19)(H,16,18). The summed E-state index contributed by atoms with van der Waals surface area (Å²) in [6.07, 6.45) is 1.50. The van der Waals surface area contributed by atoms with Crippen molar-refractivity contribution in [1.29, 1.82) is 0 Å². The first-order chi connectivity index (χ1) is 8.70. The summed E-state index contributed by atoms with van der Waals surface area (Å²) in [5.41, 5.74) is 5.51. The number of rotatable bonds is 5. The highest BCUT2D eigenvalue weighted by atomic mass is 19.1. The summed E-state index contributed by atoms with van der Waals surface area (Å²) in [5.74, 6) is -0.980. The minimum Gasteiger partial charge on any atom is -0.368 e. The van der Waals surface area contributed by atoms with Crippen LogP contribution in [0.3, 0.4) is 0 Å². The minimum atomic E-state index is -0.673. The number of halogens is 1. The fourth-order valence-corrected chi connectivity index (χ4v) is 1.36. The van der Waals surface area contributed by atoms with E-state index in [1.807, 2.05) is 20.8 Å². The predicted molar refractivity (Wildman–Crippen MR) is 73.1 cm³/mol. The molecule has 6 heteroatoms. The predicted octanol–water partition coefficient (Wildman–Crippen LogP) is 1.39. The average molecular weight is 268 g/mol. The van der Waals surface area contributed by atoms with E-state index >= 15 is 0 Å². The van der Waals surface area contributed by atoms with Crippen LogP contribution in [0.15, 0.2) is 12.3 Å². The Hall–Kier alpha value is -1.69. The number of hydrogen-bond acceptors (Lipinski definition) is 4. The van der Waals surface area contributed by atoms with Crippen LogP contribution < -0.4 is 16.4 Å². The number of nitrogens with two attached hydrogens (primary N) is 1. The number of primary amides is 1. The van der Waals surface area contributed by atoms with Gasteiger partial charge in [-0.2, -0.15) is 0 Å². The number of carbonyl (C=O) groups is 1. The first-order valence-corrected chi connectivity index (χ1v) is 6.15. The highest BCUT2D eigenvalue weighted by Crippen LogP contribution is 2.16. The van der Waals surface area contributed by atoms with Crippen LogP contribution in [0.5, 0.6) is 0 Å². The van der Waals surface area contributed by atoms with Crippen LogP contribution in [-0.2, 0) is 11.3 Å². The van der Waals surface area contributed by atoms with Crippen molar-refractivity contribution < 1.29 is 9.18 Å². The quantitative estimate of drug-likeness (QED) is 0.754. The molecule has 5 nitrogen and oxygen atoms in total. The van der Waals surface area contributed by atoms with Crippen molar-refractivity contribution >= 4 is 11.7 Å². The highest BCUT2D eigenvalue weighted by Gasteiger charge is 2.16. The lowest BCUT2D eigenvalue weighted by Gasteiger charge is -2.21. The lowest BCUT2D eigenvalue weighted by atomic mass is 10.1. The fourth-order valence-electron chi connectivity index (χ4n) is 1.36. The monoisotopic (exact) mass is 268 g/mol. The van der Waals surface area contributed by atoms with Gasteiger partial charge in [0.05, 0.1) is 0 Å². The Morgan fingerprint density at radius 1 is 1.53 bits per heavy atom. The zero-order valence-electron chi connectivity index (χ0n) is 11.7. The average Bonchev–Trinajstić information content (AvgIpc) is 2.28. The Morgan fingerprint density at radius 2 is 2.16 bits per heavy atom. The molecule has 1 rings (SSSR count). The molecule has 0 aliphatic rings. The third-order valence-corrected chi connectivity index (χ3v) is 2.56. The lowest BCUT2D eigenvalue weighted by Crippen LogP contribution is -2.35. The molecule has 0 spiro atoms. The van der Waals surface area contributed by atoms with Gasteiger partial charge in [-0.3, -0.25) is 4.79 Å². The van der Waals surface area contributed by atoms with E-state index in [1.54, 1.807) is 13.0 Å². The third kappa shape index (κ3) is 4.82. The lowest BCUT2D eigenvalue weighted by molar-refractivity contribution is -0.118. The van der Waals surface area contributed by atoms with Crippen LogP contribution in [0, 0.1) is 5.82 Å². The normalized spacial score (nSPS) is 13.1. The molecule has 0 saturated heterocycles. The molecule has 0 saturated carbocycles. The van der Waals surface area contributed by atoms with Crippen LogP contribution in [0.4, 0.5) is 10.2 Å². The van der Waals surface area contributed by atoms with E-state index in [9.17, 15) is 9.18 Å². The molecule has 0 aromatic carbocycles. The highest BCUT2D eigenvalue weighted by molar-refractivity contribution is 5.82. The fraction of sp³-hybridized carbons (Fsp3) is 0.538. The van der Waals surface area contributed by atoms with Gasteiger partial charge in [0.2, 0.25) is 5.91 Å². The summed E-state index contributed by atoms with van der Waals surface area (Å²) in [6, 6.07) is 0.932. The largest absolute Gasteiger partial charge is 0.368 e. The zero-order chi connectivity index (χ0) is 14.6. The number of aromatic nitrogens is 1. The van der Waals surface area contributed by atoms with Crippen LogP contribution in [0.2, 0.25) is 0 Å². The minimum absolute atomic E-state index is 0.0412. The summed E-state index contributed by atoms with van der Waals surface area (Å²) in [6.45, 7) is 7.95. The van der Waals surface area contributed by atoms with Crippen molar-refractivity contribution in [1.82, 2.24) is 10.3 Å². The van der Waals surface area contributed by atoms with Crippen molar-refractivity contribution in [3.05, 3.63) is 23.6 Å². The van der Waals surface area contributed by atoms with Crippen LogP contribution in [0.1, 0.15) is 33.3 Å². The summed E-state index contributed by atoms with van der Waals surface area (Å²) in [4.78, 5) is 14.8. The second-order valence-corrected chi connectivity index (χ2v) is 5.50. The maximum Gasteiger partial charge on any atom is 0.239 e. The number of amides is 1. The van der Waals surface area contributed by atoms with E-state index in [0.717, 1.165) is 0 Å². The van der Waals surface area contributed by atoms with Gasteiger partial charge in [-0.1, -0.05) is 0 Å². The van der Waals surface area contributed by atoms with Gasteiger partial charge in [0.15, 0.2) is 11.6 Å². The molecular formula is C13H21FN4O. The molecular weight excluding hydrogens is 247 g/mol. The topological polar surface area (TPSA) is 80.0 Å². The number of anilines is 1. The van der Waals surface area contributed by atoms with Gasteiger partial charge in [-0.15, -0.1) is 0 Å². The maximum atomic E-state index is 14.2. The first kappa shape index (κ1) is 15.4. The molecule has 1 unspecified atom stereocenters. The molecule has 0 aliphatic heterocycles. The van der Waals surface area contributed by atoms with Crippen molar-refractivity contribution in [2.24, 2.45) is 5.73 Å². The second kappa shape index (κ2) is 5.97. The molecule has 1 amide bonds. The Morgan fingerprint density at radius 3 is 2.68 bits per heavy atom. The SMILES string of the molecule is CC(Nc1nccc(CNC(C)(C)C)c1F)C(N)=O. The Kier molecular flexibility index (Phi) is 4.83. The van der Waals surface area contributed by atoms with E-state index in [-0.39, 0.29) is 11.4 Å². The Labute approximate surface area is 112 Å². The molecule has 0 radical (unpaired) electrons. The van der Waals surface area contributed by atoms with Gasteiger partial charge in [0, 0.05) is 23.8 Å². The van der Waals surface area contributed by atoms with Gasteiger partial charge in [-0.05, 0) is 33.8 Å². The molecule has 0 aliphatic carbocycles. The van der Waals surface area contributed by atoms with Gasteiger partial charge in [0.25, 0.3) is 0 Å². The number of hydrogen-bond donors (Lipinski definition) is 3. The number of pyridine rings is 1. The van der Waals surface area contributed by atoms with Crippen molar-refractivity contribution in [2.75, 3.05) is 5.32 Å². The van der Waals surface area contributed by atoms with Crippen LogP contribution >= 0.6 is 0 Å². The molecule has 106 valence electrons. The van der Waals surface area contributed by atoms with E-state index in [0.29, 0.717) is 12.1 Å². The second-order valence-electron chi connectivity index (χ2n) is 5.50. The van der Waals surface area contributed by atoms with Gasteiger partial charge in [0.1, 0.15) is 6.04 Å². The molecule has 1 heterocycles. The van der Waals surface area contributed by atoms with Crippen molar-refractivity contribution in [3.63, 3.8) is 0 Å². The first-order valence-electron chi connectivity index (χ1n) is 6.15. The molecule has 0 bridgehead atoms. The molecule has 1 atom stereocenters. The Balaban J connectivity index is 2.83. The summed E-state index contributed by atoms with van der Waals surface area (Å²) in [5, 5.41) is 5.85. The van der Waals surface area contributed by atoms with Gasteiger partial charge >= 0.3 is 0 Å². The molecule has 1 aromatic rings. The van der Waals surface area contributed by atoms with Crippen LogP contribution in [0.25, 0.3) is 0 Å². The molecule has 4 N–H and O–H groups in total. The summed E-state index contributed by atoms with van der Waals surface area (Å²) in [7, 11) is 0. The Bertz CT molecular complexity index is 456. The van der Waals surface area contributed by atoms with Crippen molar-refractivity contribution in [2.45, 2.75) is 45.8 Å². The van der Waals surface area contributed by atoms with E-state index < -0.39 is 17.8 Å². The zero-order valence-corrected chi connectivity index (χ0v) is 11.7. The van der Waals surface area contributed by atoms with Crippen molar-refractivity contribution in [3.8, 4) is 0 Å². The maximum absolute atomic E-state index is 14.2. The van der Waals surface area contributed by atoms with Gasteiger partial charge in [-0.25, -0.2) is 9.37 Å². The van der Waals surface area contributed by atoms with Gasteiger partial charge < -0.3 is 16.4 Å². The smallest absolute Gasteiger partial charge is 0.239 e. The molecule has 19 heavy (non-hydrogen) atoms. The number of nitrogens with zero attached hydrogens (tertiary/aromatic N) is 1. The molecule has 1 aromatic heterocycles. The van der Waals surface area contributed by atoms with E-state index in [4.69, 9.17) is 5.73 Å². The number of carbonyl (C=O) groups excluding carboxylic acids is 1. The number of nitrogens with one attached hydrogen (secondary N) is 2. The van der Waals surface area contributed by atoms with Crippen LogP contribution in [-0.4, -0.2) is 22.5 Å². The van der Waals surface area contributed by atoms with E-state index in [2.05, 4.69) is 15.6 Å². The summed E-state index contributed by atoms with van der Waals surface area (Å²) < 4.78 is 14.2. The molecule has 0 fully saturated rings.